The van der Waals surface area contributed by atoms with Gasteiger partial charge in [0, 0.05) is 21.3 Å². The Balaban J connectivity index is 1.30. The number of nitrogens with zero attached hydrogens (tertiary/aromatic N) is 2. The van der Waals surface area contributed by atoms with Crippen molar-refractivity contribution in [1.29, 1.82) is 0 Å². The molecule has 5 rings (SSSR count). The van der Waals surface area contributed by atoms with Gasteiger partial charge in [-0.2, -0.15) is 4.98 Å². The van der Waals surface area contributed by atoms with Crippen LogP contribution in [0.4, 0.5) is 5.69 Å². The minimum Gasteiger partial charge on any atom is -0.333 e. The molecule has 2 unspecified atom stereocenters. The van der Waals surface area contributed by atoms with Crippen LogP contribution in [0.3, 0.4) is 0 Å². The normalized spacial score (nSPS) is 15.9. The molecule has 1 amide bonds. The fraction of sp³-hybridized carbons (Fsp3) is 0.240. The number of carbonyl (C=O) groups excluding carboxylic acids is 1. The number of hydrogen-bond acceptors (Lipinski definition) is 6. The van der Waals surface area contributed by atoms with E-state index in [2.05, 4.69) is 15.5 Å². The van der Waals surface area contributed by atoms with Crippen LogP contribution < -0.4 is 5.32 Å². The van der Waals surface area contributed by atoms with E-state index in [9.17, 15) is 13.6 Å². The van der Waals surface area contributed by atoms with Gasteiger partial charge in [-0.3, -0.25) is 4.79 Å². The minimum atomic E-state index is -1.95. The third-order valence-electron chi connectivity index (χ3n) is 6.26. The third-order valence-corrected chi connectivity index (χ3v) is 8.59. The van der Waals surface area contributed by atoms with E-state index in [-0.39, 0.29) is 12.3 Å². The molecule has 4 aromatic rings. The molecule has 0 spiro atoms. The zero-order chi connectivity index (χ0) is 25.4. The standard InChI is InChI=1S/C25H21Cl2N3O4S2/c1-14(36(32)33)16-6-4-15(5-7-16)11-21(31)28-17-12-18(26)22(19(27)13-17)25(8-9-25)24-29-23(34-30-24)20-3-2-10-35-20/h2-7,10,12-14H,8-9,11H2,1H3,(H,28,31)(H,32,33). The molecule has 0 bridgehead atoms. The van der Waals surface area contributed by atoms with Gasteiger partial charge in [-0.25, -0.2) is 4.21 Å². The number of aromatic nitrogens is 2. The summed E-state index contributed by atoms with van der Waals surface area (Å²) in [6.45, 7) is 1.67. The number of rotatable bonds is 8. The molecule has 2 heterocycles. The van der Waals surface area contributed by atoms with Crippen LogP contribution in [-0.4, -0.2) is 24.8 Å². The second-order valence-corrected chi connectivity index (χ2v) is 11.7. The number of hydrogen-bond donors (Lipinski definition) is 2. The predicted molar refractivity (Wildman–Crippen MR) is 142 cm³/mol. The van der Waals surface area contributed by atoms with Crippen LogP contribution in [0.15, 0.2) is 58.4 Å². The number of anilines is 1. The molecule has 2 N–H and O–H groups in total. The Morgan fingerprint density at radius 2 is 1.92 bits per heavy atom. The number of amides is 1. The van der Waals surface area contributed by atoms with E-state index in [0.717, 1.165) is 34.4 Å². The molecule has 186 valence electrons. The highest BCUT2D eigenvalue weighted by atomic mass is 35.5. The van der Waals surface area contributed by atoms with Crippen molar-refractivity contribution in [2.24, 2.45) is 0 Å². The first-order chi connectivity index (χ1) is 17.3. The van der Waals surface area contributed by atoms with Crippen molar-refractivity contribution in [1.82, 2.24) is 10.1 Å². The van der Waals surface area contributed by atoms with Crippen LogP contribution in [0.2, 0.25) is 10.0 Å². The summed E-state index contributed by atoms with van der Waals surface area (Å²) in [5.41, 5.74) is 2.22. The highest BCUT2D eigenvalue weighted by Crippen LogP contribution is 2.57. The van der Waals surface area contributed by atoms with Crippen LogP contribution >= 0.6 is 34.5 Å². The predicted octanol–water partition coefficient (Wildman–Crippen LogP) is 6.65. The molecule has 36 heavy (non-hydrogen) atoms. The molecule has 0 aliphatic heterocycles. The Bertz CT molecular complexity index is 1410. The number of nitrogens with one attached hydrogen (secondary N) is 1. The van der Waals surface area contributed by atoms with Gasteiger partial charge in [0.2, 0.25) is 5.91 Å². The smallest absolute Gasteiger partial charge is 0.268 e. The van der Waals surface area contributed by atoms with Gasteiger partial charge in [-0.05, 0) is 54.5 Å². The Morgan fingerprint density at radius 3 is 2.50 bits per heavy atom. The molecule has 0 saturated heterocycles. The Hall–Kier alpha value is -2.56. The van der Waals surface area contributed by atoms with Crippen molar-refractivity contribution in [2.75, 3.05) is 5.32 Å². The average Bonchev–Trinajstić information content (AvgIpc) is 3.23. The van der Waals surface area contributed by atoms with E-state index in [1.165, 1.54) is 11.3 Å². The third kappa shape index (κ3) is 4.99. The van der Waals surface area contributed by atoms with Gasteiger partial charge in [-0.1, -0.05) is 58.7 Å². The first-order valence-electron chi connectivity index (χ1n) is 11.1. The highest BCUT2D eigenvalue weighted by Gasteiger charge is 2.52. The summed E-state index contributed by atoms with van der Waals surface area (Å²) in [6, 6.07) is 14.3. The SMILES string of the molecule is CC(c1ccc(CC(=O)Nc2cc(Cl)c(C3(c4noc(-c5cccs5)n4)CC3)c(Cl)c2)cc1)S(=O)O. The lowest BCUT2D eigenvalue weighted by atomic mass is 9.94. The lowest BCUT2D eigenvalue weighted by Gasteiger charge is -2.17. The summed E-state index contributed by atoms with van der Waals surface area (Å²) in [7, 11) is 0. The van der Waals surface area contributed by atoms with Crippen LogP contribution in [-0.2, 0) is 27.7 Å². The maximum absolute atomic E-state index is 12.6. The van der Waals surface area contributed by atoms with Crippen molar-refractivity contribution in [2.45, 2.75) is 36.9 Å². The monoisotopic (exact) mass is 561 g/mol. The van der Waals surface area contributed by atoms with Gasteiger partial charge < -0.3 is 14.4 Å². The molecule has 2 aromatic heterocycles. The highest BCUT2D eigenvalue weighted by molar-refractivity contribution is 7.79. The van der Waals surface area contributed by atoms with Crippen molar-refractivity contribution < 1.29 is 18.1 Å². The summed E-state index contributed by atoms with van der Waals surface area (Å²) < 4.78 is 26.0. The molecule has 1 aliphatic rings. The zero-order valence-electron chi connectivity index (χ0n) is 19.0. The molecule has 1 aliphatic carbocycles. The molecule has 1 saturated carbocycles. The summed E-state index contributed by atoms with van der Waals surface area (Å²) in [6.07, 6.45) is 1.71. The number of halogens is 2. The molecule has 7 nitrogen and oxygen atoms in total. The second-order valence-electron chi connectivity index (χ2n) is 8.68. The lowest BCUT2D eigenvalue weighted by molar-refractivity contribution is -0.115. The Labute approximate surface area is 224 Å². The number of benzene rings is 2. The maximum atomic E-state index is 12.6. The van der Waals surface area contributed by atoms with Crippen molar-refractivity contribution in [3.63, 3.8) is 0 Å². The van der Waals surface area contributed by atoms with Gasteiger partial charge in [-0.15, -0.1) is 11.3 Å². The van der Waals surface area contributed by atoms with Gasteiger partial charge in [0.25, 0.3) is 5.89 Å². The van der Waals surface area contributed by atoms with E-state index in [0.29, 0.717) is 27.4 Å². The largest absolute Gasteiger partial charge is 0.333 e. The minimum absolute atomic E-state index is 0.131. The topological polar surface area (TPSA) is 105 Å². The van der Waals surface area contributed by atoms with Gasteiger partial charge in [0.1, 0.15) is 0 Å². The summed E-state index contributed by atoms with van der Waals surface area (Å²) >= 11 is 12.9. The fourth-order valence-electron chi connectivity index (χ4n) is 4.14. The number of carbonyl (C=O) groups is 1. The average molecular weight is 563 g/mol. The van der Waals surface area contributed by atoms with Crippen LogP contribution in [0, 0.1) is 0 Å². The Kier molecular flexibility index (Phi) is 7.02. The summed E-state index contributed by atoms with van der Waals surface area (Å²) in [5, 5.41) is 9.35. The van der Waals surface area contributed by atoms with Crippen molar-refractivity contribution >= 4 is 57.2 Å². The van der Waals surface area contributed by atoms with Gasteiger partial charge in [0.05, 0.1) is 22.0 Å². The molecule has 0 radical (unpaired) electrons. The molecular formula is C25H21Cl2N3O4S2. The van der Waals surface area contributed by atoms with Crippen molar-refractivity contribution in [3.05, 3.63) is 86.5 Å². The summed E-state index contributed by atoms with van der Waals surface area (Å²) in [5.74, 6) is 0.783. The van der Waals surface area contributed by atoms with Gasteiger partial charge in [0.15, 0.2) is 16.9 Å². The first-order valence-corrected chi connectivity index (χ1v) is 13.9. The van der Waals surface area contributed by atoms with Crippen LogP contribution in [0.25, 0.3) is 10.8 Å². The first kappa shape index (κ1) is 25.1. The van der Waals surface area contributed by atoms with Gasteiger partial charge >= 0.3 is 0 Å². The molecule has 1 fully saturated rings. The van der Waals surface area contributed by atoms with E-state index in [1.807, 2.05) is 17.5 Å². The van der Waals surface area contributed by atoms with E-state index in [1.54, 1.807) is 43.3 Å². The molecule has 2 aromatic carbocycles. The summed E-state index contributed by atoms with van der Waals surface area (Å²) in [4.78, 5) is 18.1. The second kappa shape index (κ2) is 10.1. The fourth-order valence-corrected chi connectivity index (χ4v) is 6.03. The van der Waals surface area contributed by atoms with E-state index >= 15 is 0 Å². The number of thiophene rings is 1. The molecule has 2 atom stereocenters. The van der Waals surface area contributed by atoms with E-state index < -0.39 is 21.7 Å². The molecule has 11 heteroatoms. The van der Waals surface area contributed by atoms with E-state index in [4.69, 9.17) is 27.7 Å². The Morgan fingerprint density at radius 1 is 1.22 bits per heavy atom. The van der Waals surface area contributed by atoms with Crippen LogP contribution in [0.1, 0.15) is 47.5 Å². The molecular weight excluding hydrogens is 541 g/mol. The van der Waals surface area contributed by atoms with Crippen molar-refractivity contribution in [3.8, 4) is 10.8 Å². The quantitative estimate of drug-likeness (QED) is 0.233. The lowest BCUT2D eigenvalue weighted by Crippen LogP contribution is -2.16. The van der Waals surface area contributed by atoms with Crippen LogP contribution in [0.5, 0.6) is 0 Å². The maximum Gasteiger partial charge on any atom is 0.268 e. The zero-order valence-corrected chi connectivity index (χ0v) is 22.2.